The summed E-state index contributed by atoms with van der Waals surface area (Å²) in [5.74, 6) is 0.155. The van der Waals surface area contributed by atoms with Crippen LogP contribution in [0.3, 0.4) is 0 Å². The number of amides is 1. The average Bonchev–Trinajstić information content (AvgIpc) is 3.31. The Morgan fingerprint density at radius 3 is 2.56 bits per heavy atom. The second-order valence-electron chi connectivity index (χ2n) is 9.67. The van der Waals surface area contributed by atoms with Crippen LogP contribution in [0, 0.1) is 6.92 Å². The van der Waals surface area contributed by atoms with E-state index in [2.05, 4.69) is 88.1 Å². The quantitative estimate of drug-likeness (QED) is 0.342. The lowest BCUT2D eigenvalue weighted by Gasteiger charge is -2.40. The summed E-state index contributed by atoms with van der Waals surface area (Å²) in [6, 6.07) is 23.6. The van der Waals surface area contributed by atoms with Crippen molar-refractivity contribution in [3.63, 3.8) is 0 Å². The fourth-order valence-electron chi connectivity index (χ4n) is 5.40. The maximum absolute atomic E-state index is 11.8. The zero-order chi connectivity index (χ0) is 24.8. The molecule has 6 heteroatoms. The van der Waals surface area contributed by atoms with Gasteiger partial charge in [-0.25, -0.2) is 4.98 Å². The Morgan fingerprint density at radius 2 is 1.78 bits per heavy atom. The van der Waals surface area contributed by atoms with Crippen LogP contribution in [0.1, 0.15) is 19.5 Å². The van der Waals surface area contributed by atoms with Gasteiger partial charge in [0.2, 0.25) is 5.91 Å². The van der Waals surface area contributed by atoms with Crippen molar-refractivity contribution in [1.82, 2.24) is 19.3 Å². The molecule has 3 aromatic heterocycles. The second-order valence-corrected chi connectivity index (χ2v) is 9.67. The normalized spacial score (nSPS) is 16.1. The zero-order valence-corrected chi connectivity index (χ0v) is 20.8. The summed E-state index contributed by atoms with van der Waals surface area (Å²) < 4.78 is 2.15. The molecule has 1 atom stereocenters. The highest BCUT2D eigenvalue weighted by molar-refractivity contribution is 5.94. The van der Waals surface area contributed by atoms with Gasteiger partial charge in [-0.3, -0.25) is 14.2 Å². The van der Waals surface area contributed by atoms with E-state index in [4.69, 9.17) is 4.98 Å². The molecule has 0 aliphatic carbocycles. The third kappa shape index (κ3) is 3.88. The van der Waals surface area contributed by atoms with E-state index in [1.54, 1.807) is 6.92 Å². The number of imidazole rings is 1. The zero-order valence-electron chi connectivity index (χ0n) is 20.8. The van der Waals surface area contributed by atoms with Gasteiger partial charge in [-0.1, -0.05) is 30.3 Å². The number of benzene rings is 2. The Hall–Kier alpha value is -4.19. The summed E-state index contributed by atoms with van der Waals surface area (Å²) in [5.41, 5.74) is 8.60. The molecule has 36 heavy (non-hydrogen) atoms. The maximum atomic E-state index is 11.8. The van der Waals surface area contributed by atoms with E-state index in [1.807, 2.05) is 24.1 Å². The molecule has 0 saturated carbocycles. The van der Waals surface area contributed by atoms with Crippen LogP contribution in [-0.2, 0) is 4.79 Å². The molecule has 0 unspecified atom stereocenters. The van der Waals surface area contributed by atoms with Gasteiger partial charge in [0.15, 0.2) is 0 Å². The molecule has 0 N–H and O–H groups in total. The molecule has 1 aliphatic rings. The molecule has 1 aliphatic heterocycles. The van der Waals surface area contributed by atoms with E-state index in [0.717, 1.165) is 64.3 Å². The number of aryl methyl sites for hydroxylation is 1. The summed E-state index contributed by atoms with van der Waals surface area (Å²) in [7, 11) is 0. The van der Waals surface area contributed by atoms with Gasteiger partial charge in [0.25, 0.3) is 0 Å². The summed E-state index contributed by atoms with van der Waals surface area (Å²) >= 11 is 0. The Kier molecular flexibility index (Phi) is 5.44. The fourth-order valence-corrected chi connectivity index (χ4v) is 5.40. The first kappa shape index (κ1) is 22.3. The van der Waals surface area contributed by atoms with Crippen LogP contribution in [0.15, 0.2) is 79.1 Å². The number of nitrogens with zero attached hydrogens (tertiary/aromatic N) is 5. The lowest BCUT2D eigenvalue weighted by atomic mass is 10.0. The first-order valence-corrected chi connectivity index (χ1v) is 12.4. The number of aromatic nitrogens is 3. The highest BCUT2D eigenvalue weighted by Gasteiger charge is 2.25. The van der Waals surface area contributed by atoms with Gasteiger partial charge >= 0.3 is 0 Å². The third-order valence-corrected chi connectivity index (χ3v) is 7.23. The van der Waals surface area contributed by atoms with E-state index in [1.165, 1.54) is 5.69 Å². The van der Waals surface area contributed by atoms with Gasteiger partial charge in [0.1, 0.15) is 5.65 Å². The topological polar surface area (TPSA) is 53.7 Å². The molecule has 0 bridgehead atoms. The second kappa shape index (κ2) is 8.79. The van der Waals surface area contributed by atoms with Crippen LogP contribution in [0.2, 0.25) is 0 Å². The maximum Gasteiger partial charge on any atom is 0.219 e. The SMILES string of the molecule is CC(=O)N1CCN(c2ccc(-c3ccn4c(-c5cc(C)nc6ccccc56)cnc4c3)cc2)C[C@@H]1C. The van der Waals surface area contributed by atoms with Crippen molar-refractivity contribution in [2.45, 2.75) is 26.8 Å². The molecule has 6 rings (SSSR count). The Labute approximate surface area is 210 Å². The van der Waals surface area contributed by atoms with E-state index < -0.39 is 0 Å². The van der Waals surface area contributed by atoms with Crippen LogP contribution in [0.4, 0.5) is 5.69 Å². The Balaban J connectivity index is 1.29. The molecule has 1 amide bonds. The molecule has 0 spiro atoms. The first-order chi connectivity index (χ1) is 17.5. The number of hydrogen-bond donors (Lipinski definition) is 0. The molecule has 0 radical (unpaired) electrons. The molecule has 1 fully saturated rings. The molecule has 5 aromatic rings. The summed E-state index contributed by atoms with van der Waals surface area (Å²) in [5, 5.41) is 1.13. The number of pyridine rings is 2. The minimum atomic E-state index is 0.155. The third-order valence-electron chi connectivity index (χ3n) is 7.23. The van der Waals surface area contributed by atoms with Crippen molar-refractivity contribution in [3.8, 4) is 22.4 Å². The van der Waals surface area contributed by atoms with Crippen molar-refractivity contribution >= 4 is 28.1 Å². The van der Waals surface area contributed by atoms with E-state index in [0.29, 0.717) is 0 Å². The lowest BCUT2D eigenvalue weighted by molar-refractivity contribution is -0.131. The molecular formula is C30H29N5O. The Bertz CT molecular complexity index is 1590. The molecule has 6 nitrogen and oxygen atoms in total. The number of carbonyl (C=O) groups is 1. The highest BCUT2D eigenvalue weighted by Crippen LogP contribution is 2.31. The number of rotatable bonds is 3. The van der Waals surface area contributed by atoms with Crippen LogP contribution >= 0.6 is 0 Å². The van der Waals surface area contributed by atoms with Crippen LogP contribution in [-0.4, -0.2) is 50.9 Å². The fraction of sp³-hybridized carbons (Fsp3) is 0.233. The van der Waals surface area contributed by atoms with Gasteiger partial charge in [0, 0.05) is 61.1 Å². The van der Waals surface area contributed by atoms with Crippen molar-refractivity contribution in [1.29, 1.82) is 0 Å². The monoisotopic (exact) mass is 475 g/mol. The predicted molar refractivity (Wildman–Crippen MR) is 145 cm³/mol. The van der Waals surface area contributed by atoms with Gasteiger partial charge in [0.05, 0.1) is 17.4 Å². The average molecular weight is 476 g/mol. The van der Waals surface area contributed by atoms with Gasteiger partial charge < -0.3 is 9.80 Å². The van der Waals surface area contributed by atoms with Crippen molar-refractivity contribution in [2.24, 2.45) is 0 Å². The molecule has 2 aromatic carbocycles. The van der Waals surface area contributed by atoms with Crippen molar-refractivity contribution < 1.29 is 4.79 Å². The number of carbonyl (C=O) groups excluding carboxylic acids is 1. The van der Waals surface area contributed by atoms with Crippen LogP contribution < -0.4 is 4.90 Å². The van der Waals surface area contributed by atoms with Gasteiger partial charge in [-0.2, -0.15) is 0 Å². The van der Waals surface area contributed by atoms with Gasteiger partial charge in [-0.05, 0) is 61.4 Å². The van der Waals surface area contributed by atoms with E-state index in [-0.39, 0.29) is 11.9 Å². The number of anilines is 1. The van der Waals surface area contributed by atoms with Gasteiger partial charge in [-0.15, -0.1) is 0 Å². The molecule has 1 saturated heterocycles. The number of piperazine rings is 1. The molecular weight excluding hydrogens is 446 g/mol. The smallest absolute Gasteiger partial charge is 0.219 e. The standard InChI is InChI=1S/C30H29N5O/c1-20-16-27(26-6-4-5-7-28(26)32-20)29-18-31-30-17-24(12-13-35(29)30)23-8-10-25(11-9-23)33-14-15-34(22(3)36)21(2)19-33/h4-13,16-18,21H,14-15,19H2,1-3H3/t21-/m0/s1. The predicted octanol–water partition coefficient (Wildman–Crippen LogP) is 5.58. The molecule has 180 valence electrons. The summed E-state index contributed by atoms with van der Waals surface area (Å²) in [6.07, 6.45) is 4.05. The highest BCUT2D eigenvalue weighted by atomic mass is 16.2. The Morgan fingerprint density at radius 1 is 0.972 bits per heavy atom. The van der Waals surface area contributed by atoms with E-state index >= 15 is 0 Å². The van der Waals surface area contributed by atoms with E-state index in [9.17, 15) is 4.79 Å². The van der Waals surface area contributed by atoms with Crippen LogP contribution in [0.5, 0.6) is 0 Å². The molecule has 4 heterocycles. The number of fused-ring (bicyclic) bond motifs is 2. The number of para-hydroxylation sites is 1. The van der Waals surface area contributed by atoms with Crippen molar-refractivity contribution in [2.75, 3.05) is 24.5 Å². The van der Waals surface area contributed by atoms with Crippen LogP contribution in [0.25, 0.3) is 38.9 Å². The largest absolute Gasteiger partial charge is 0.368 e. The lowest BCUT2D eigenvalue weighted by Crippen LogP contribution is -2.53. The first-order valence-electron chi connectivity index (χ1n) is 12.4. The summed E-state index contributed by atoms with van der Waals surface area (Å²) in [6.45, 7) is 8.28. The van der Waals surface area contributed by atoms with Crippen molar-refractivity contribution in [3.05, 3.63) is 84.8 Å². The number of hydrogen-bond acceptors (Lipinski definition) is 4. The minimum Gasteiger partial charge on any atom is -0.368 e. The minimum absolute atomic E-state index is 0.155. The summed E-state index contributed by atoms with van der Waals surface area (Å²) in [4.78, 5) is 25.5.